The Morgan fingerprint density at radius 2 is 2.03 bits per heavy atom. The van der Waals surface area contributed by atoms with Gasteiger partial charge in [0.05, 0.1) is 10.3 Å². The number of nitrogens with one attached hydrogen (secondary N) is 1. The Morgan fingerprint density at radius 1 is 1.27 bits per heavy atom. The van der Waals surface area contributed by atoms with E-state index in [2.05, 4.69) is 41.0 Å². The molecule has 0 spiro atoms. The molecule has 2 aromatic rings. The zero-order valence-corrected chi connectivity index (χ0v) is 19.5. The predicted octanol–water partition coefficient (Wildman–Crippen LogP) is 3.67. The highest BCUT2D eigenvalue weighted by molar-refractivity contribution is 7.16. The fourth-order valence-corrected chi connectivity index (χ4v) is 5.57. The van der Waals surface area contributed by atoms with E-state index in [1.807, 2.05) is 17.0 Å². The number of rotatable bonds is 6. The Morgan fingerprint density at radius 3 is 2.70 bits per heavy atom. The maximum atomic E-state index is 13.4. The van der Waals surface area contributed by atoms with Crippen LogP contribution in [0.25, 0.3) is 0 Å². The van der Waals surface area contributed by atoms with E-state index in [4.69, 9.17) is 11.6 Å². The number of carbonyl (C=O) groups is 1. The summed E-state index contributed by atoms with van der Waals surface area (Å²) in [6.45, 7) is 10.1. The van der Waals surface area contributed by atoms with Gasteiger partial charge in [-0.15, -0.1) is 11.3 Å². The van der Waals surface area contributed by atoms with Gasteiger partial charge in [0.2, 0.25) is 5.91 Å². The van der Waals surface area contributed by atoms with Crippen LogP contribution in [0.5, 0.6) is 0 Å². The minimum absolute atomic E-state index is 0.183. The second-order valence-electron chi connectivity index (χ2n) is 8.57. The Bertz CT molecular complexity index is 893. The van der Waals surface area contributed by atoms with Crippen molar-refractivity contribution in [3.8, 4) is 0 Å². The number of aromatic nitrogens is 2. The second kappa shape index (κ2) is 9.20. The number of amides is 1. The van der Waals surface area contributed by atoms with Crippen LogP contribution in [-0.4, -0.2) is 59.5 Å². The molecule has 0 unspecified atom stereocenters. The number of fused-ring (bicyclic) bond motifs is 1. The SMILES string of the molecule is CC(C)NC[C@@H](C(=O)N1CCN(c2ncnc3c2[C@H](C)CC3)CC1)c1ccc(Cl)s1. The monoisotopic (exact) mass is 447 g/mol. The normalized spacial score (nSPS) is 20.0. The summed E-state index contributed by atoms with van der Waals surface area (Å²) in [5, 5.41) is 3.43. The number of nitrogens with zero attached hydrogens (tertiary/aromatic N) is 4. The molecule has 2 aromatic heterocycles. The molecule has 1 saturated heterocycles. The van der Waals surface area contributed by atoms with E-state index in [-0.39, 0.29) is 11.8 Å². The fraction of sp³-hybridized carbons (Fsp3) is 0.591. The number of anilines is 1. The Balaban J connectivity index is 1.45. The quantitative estimate of drug-likeness (QED) is 0.732. The molecule has 0 saturated carbocycles. The standard InChI is InChI=1S/C22H30ClN5OS/c1-14(2)24-12-16(18-6-7-19(23)30-18)22(29)28-10-8-27(9-11-28)21-20-15(3)4-5-17(20)25-13-26-21/h6-7,13-16,24H,4-5,8-12H2,1-3H3/t15-,16-/m1/s1. The smallest absolute Gasteiger partial charge is 0.232 e. The summed E-state index contributed by atoms with van der Waals surface area (Å²) in [5.74, 6) is 1.56. The van der Waals surface area contributed by atoms with Gasteiger partial charge < -0.3 is 15.1 Å². The summed E-state index contributed by atoms with van der Waals surface area (Å²) in [5.41, 5.74) is 2.50. The van der Waals surface area contributed by atoms with Gasteiger partial charge in [-0.2, -0.15) is 0 Å². The van der Waals surface area contributed by atoms with E-state index in [0.29, 0.717) is 31.6 Å². The Hall–Kier alpha value is -1.70. The first kappa shape index (κ1) is 21.5. The second-order valence-corrected chi connectivity index (χ2v) is 10.3. The van der Waals surface area contributed by atoms with Crippen LogP contribution in [0.3, 0.4) is 0 Å². The first-order chi connectivity index (χ1) is 14.4. The number of aryl methyl sites for hydroxylation is 1. The molecule has 6 nitrogen and oxygen atoms in total. The van der Waals surface area contributed by atoms with Gasteiger partial charge in [0.25, 0.3) is 0 Å². The molecular weight excluding hydrogens is 418 g/mol. The van der Waals surface area contributed by atoms with Crippen LogP contribution in [0.1, 0.15) is 55.2 Å². The summed E-state index contributed by atoms with van der Waals surface area (Å²) in [7, 11) is 0. The van der Waals surface area contributed by atoms with Crippen LogP contribution in [0.2, 0.25) is 4.34 Å². The van der Waals surface area contributed by atoms with Gasteiger partial charge in [0.15, 0.2) is 0 Å². The Labute approximate surface area is 187 Å². The molecule has 8 heteroatoms. The molecule has 2 aliphatic rings. The molecule has 1 aliphatic heterocycles. The van der Waals surface area contributed by atoms with Gasteiger partial charge in [0.1, 0.15) is 12.1 Å². The van der Waals surface area contributed by atoms with Gasteiger partial charge >= 0.3 is 0 Å². The first-order valence-corrected chi connectivity index (χ1v) is 12.0. The van der Waals surface area contributed by atoms with Crippen molar-refractivity contribution in [3.05, 3.63) is 38.9 Å². The van der Waals surface area contributed by atoms with Crippen LogP contribution < -0.4 is 10.2 Å². The number of carbonyl (C=O) groups excluding carboxylic acids is 1. The molecule has 30 heavy (non-hydrogen) atoms. The molecule has 1 N–H and O–H groups in total. The number of piperazine rings is 1. The molecule has 4 rings (SSSR count). The van der Waals surface area contributed by atoms with Crippen molar-refractivity contribution in [3.63, 3.8) is 0 Å². The van der Waals surface area contributed by atoms with Crippen molar-refractivity contribution in [2.75, 3.05) is 37.6 Å². The maximum Gasteiger partial charge on any atom is 0.232 e. The summed E-state index contributed by atoms with van der Waals surface area (Å²) in [6.07, 6.45) is 3.88. The summed E-state index contributed by atoms with van der Waals surface area (Å²) < 4.78 is 0.726. The van der Waals surface area contributed by atoms with Gasteiger partial charge in [-0.1, -0.05) is 32.4 Å². The zero-order chi connectivity index (χ0) is 21.3. The topological polar surface area (TPSA) is 61.4 Å². The first-order valence-electron chi connectivity index (χ1n) is 10.8. The lowest BCUT2D eigenvalue weighted by molar-refractivity contribution is -0.133. The summed E-state index contributed by atoms with van der Waals surface area (Å²) in [6, 6.07) is 4.19. The average molecular weight is 448 g/mol. The highest BCUT2D eigenvalue weighted by atomic mass is 35.5. The fourth-order valence-electron chi connectivity index (χ4n) is 4.41. The molecule has 162 valence electrons. The lowest BCUT2D eigenvalue weighted by Gasteiger charge is -2.38. The van der Waals surface area contributed by atoms with E-state index < -0.39 is 0 Å². The van der Waals surface area contributed by atoms with Crippen molar-refractivity contribution >= 4 is 34.7 Å². The van der Waals surface area contributed by atoms with Crippen LogP contribution in [-0.2, 0) is 11.2 Å². The highest BCUT2D eigenvalue weighted by Crippen LogP contribution is 2.37. The third kappa shape index (κ3) is 4.48. The average Bonchev–Trinajstić information content (AvgIpc) is 3.34. The van der Waals surface area contributed by atoms with Crippen molar-refractivity contribution in [2.45, 2.75) is 51.5 Å². The molecular formula is C22H30ClN5OS. The van der Waals surface area contributed by atoms with Gasteiger partial charge in [-0.3, -0.25) is 4.79 Å². The molecule has 0 aromatic carbocycles. The lowest BCUT2D eigenvalue weighted by Crippen LogP contribution is -2.51. The lowest BCUT2D eigenvalue weighted by atomic mass is 10.0. The van der Waals surface area contributed by atoms with Crippen molar-refractivity contribution in [1.82, 2.24) is 20.2 Å². The molecule has 0 bridgehead atoms. The van der Waals surface area contributed by atoms with Gasteiger partial charge in [-0.25, -0.2) is 9.97 Å². The predicted molar refractivity (Wildman–Crippen MR) is 123 cm³/mol. The summed E-state index contributed by atoms with van der Waals surface area (Å²) >= 11 is 7.66. The van der Waals surface area contributed by atoms with Crippen molar-refractivity contribution < 1.29 is 4.79 Å². The van der Waals surface area contributed by atoms with Crippen LogP contribution in [0.15, 0.2) is 18.5 Å². The third-order valence-corrected chi connectivity index (χ3v) is 7.45. The van der Waals surface area contributed by atoms with E-state index >= 15 is 0 Å². The van der Waals surface area contributed by atoms with Crippen LogP contribution in [0, 0.1) is 0 Å². The third-order valence-electron chi connectivity index (χ3n) is 6.11. The largest absolute Gasteiger partial charge is 0.353 e. The van der Waals surface area contributed by atoms with Gasteiger partial charge in [-0.05, 0) is 30.9 Å². The van der Waals surface area contributed by atoms with E-state index in [1.165, 1.54) is 22.6 Å². The van der Waals surface area contributed by atoms with Crippen molar-refractivity contribution in [2.24, 2.45) is 0 Å². The molecule has 3 heterocycles. The van der Waals surface area contributed by atoms with Crippen LogP contribution in [0.4, 0.5) is 5.82 Å². The Kier molecular flexibility index (Phi) is 6.60. The summed E-state index contributed by atoms with van der Waals surface area (Å²) in [4.78, 5) is 27.9. The number of hydrogen-bond acceptors (Lipinski definition) is 6. The molecule has 1 aliphatic carbocycles. The molecule has 2 atom stereocenters. The molecule has 1 amide bonds. The maximum absolute atomic E-state index is 13.4. The minimum atomic E-state index is -0.195. The minimum Gasteiger partial charge on any atom is -0.353 e. The number of hydrogen-bond donors (Lipinski definition) is 1. The molecule has 1 fully saturated rings. The zero-order valence-electron chi connectivity index (χ0n) is 17.9. The number of thiophene rings is 1. The van der Waals surface area contributed by atoms with Crippen LogP contribution >= 0.6 is 22.9 Å². The number of halogens is 1. The van der Waals surface area contributed by atoms with E-state index in [1.54, 1.807) is 6.33 Å². The van der Waals surface area contributed by atoms with E-state index in [0.717, 1.165) is 41.0 Å². The van der Waals surface area contributed by atoms with E-state index in [9.17, 15) is 4.79 Å². The van der Waals surface area contributed by atoms with Gasteiger partial charge in [0, 0.05) is 54.9 Å². The van der Waals surface area contributed by atoms with Crippen molar-refractivity contribution in [1.29, 1.82) is 0 Å². The molecule has 0 radical (unpaired) electrons. The highest BCUT2D eigenvalue weighted by Gasteiger charge is 2.32.